The highest BCUT2D eigenvalue weighted by Crippen LogP contribution is 2.05. The minimum absolute atomic E-state index is 0.0207. The van der Waals surface area contributed by atoms with Crippen molar-refractivity contribution < 1.29 is 29.0 Å². The van der Waals surface area contributed by atoms with E-state index in [1.165, 1.54) is 0 Å². The van der Waals surface area contributed by atoms with Gasteiger partial charge in [-0.3, -0.25) is 4.79 Å². The van der Waals surface area contributed by atoms with Gasteiger partial charge in [-0.2, -0.15) is 0 Å². The van der Waals surface area contributed by atoms with Crippen LogP contribution in [-0.4, -0.2) is 35.3 Å². The molecule has 0 bridgehead atoms. The molecule has 7 heteroatoms. The summed E-state index contributed by atoms with van der Waals surface area (Å²) in [6.45, 7) is 3.53. The van der Waals surface area contributed by atoms with Gasteiger partial charge in [0.1, 0.15) is 12.6 Å². The summed E-state index contributed by atoms with van der Waals surface area (Å²) in [5.41, 5.74) is 0.777. The van der Waals surface area contributed by atoms with Gasteiger partial charge < -0.3 is 19.9 Å². The number of carbonyl (C=O) groups excluding carboxylic acids is 2. The van der Waals surface area contributed by atoms with Crippen molar-refractivity contribution in [3.63, 3.8) is 0 Å². The number of alkyl carbamates (subject to hydrolysis) is 1. The Morgan fingerprint density at radius 1 is 1.22 bits per heavy atom. The fraction of sp³-hybridized carbons (Fsp3) is 0.438. The van der Waals surface area contributed by atoms with Crippen molar-refractivity contribution in [2.45, 2.75) is 45.4 Å². The first-order valence-electron chi connectivity index (χ1n) is 7.31. The van der Waals surface area contributed by atoms with E-state index in [4.69, 9.17) is 14.6 Å². The number of carboxylic acids is 1. The molecule has 7 nitrogen and oxygen atoms in total. The first-order valence-corrected chi connectivity index (χ1v) is 7.31. The lowest BCUT2D eigenvalue weighted by atomic mass is 10.2. The minimum Gasteiger partial charge on any atom is -0.481 e. The van der Waals surface area contributed by atoms with Crippen molar-refractivity contribution in [2.75, 3.05) is 0 Å². The summed E-state index contributed by atoms with van der Waals surface area (Å²) in [7, 11) is 0. The molecule has 1 amide bonds. The summed E-state index contributed by atoms with van der Waals surface area (Å²) in [5.74, 6) is -2.02. The zero-order valence-corrected chi connectivity index (χ0v) is 13.2. The molecule has 0 aliphatic carbocycles. The largest absolute Gasteiger partial charge is 0.481 e. The first kappa shape index (κ1) is 18.5. The molecule has 2 N–H and O–H groups in total. The van der Waals surface area contributed by atoms with Crippen LogP contribution in [0.3, 0.4) is 0 Å². The number of hydrogen-bond donors (Lipinski definition) is 2. The Hall–Kier alpha value is -2.57. The van der Waals surface area contributed by atoms with E-state index in [1.54, 1.807) is 31.2 Å². The summed E-state index contributed by atoms with van der Waals surface area (Å²) in [6, 6.07) is 7.70. The van der Waals surface area contributed by atoms with E-state index in [-0.39, 0.29) is 12.7 Å². The van der Waals surface area contributed by atoms with Crippen LogP contribution in [0.25, 0.3) is 0 Å². The van der Waals surface area contributed by atoms with Crippen LogP contribution in [0.15, 0.2) is 30.3 Å². The highest BCUT2D eigenvalue weighted by Gasteiger charge is 2.27. The maximum absolute atomic E-state index is 11.9. The second-order valence-corrected chi connectivity index (χ2v) is 5.01. The molecule has 0 heterocycles. The number of carboxylic acid groups (broad SMARTS) is 1. The van der Waals surface area contributed by atoms with Crippen LogP contribution in [0.1, 0.15) is 32.3 Å². The summed E-state index contributed by atoms with van der Waals surface area (Å²) >= 11 is 0. The van der Waals surface area contributed by atoms with Gasteiger partial charge in [-0.15, -0.1) is 0 Å². The van der Waals surface area contributed by atoms with E-state index < -0.39 is 30.5 Å². The monoisotopic (exact) mass is 323 g/mol. The molecule has 23 heavy (non-hydrogen) atoms. The van der Waals surface area contributed by atoms with Crippen LogP contribution >= 0.6 is 0 Å². The van der Waals surface area contributed by atoms with Crippen molar-refractivity contribution in [3.8, 4) is 0 Å². The average Bonchev–Trinajstić information content (AvgIpc) is 2.52. The number of nitrogens with one attached hydrogen (secondary N) is 1. The molecule has 0 fully saturated rings. The van der Waals surface area contributed by atoms with Crippen LogP contribution in [0.5, 0.6) is 0 Å². The molecule has 1 aromatic rings. The van der Waals surface area contributed by atoms with Crippen molar-refractivity contribution in [1.29, 1.82) is 0 Å². The minimum atomic E-state index is -1.29. The highest BCUT2D eigenvalue weighted by atomic mass is 16.6. The van der Waals surface area contributed by atoms with Gasteiger partial charge in [0.2, 0.25) is 0 Å². The molecule has 0 aromatic heterocycles. The Morgan fingerprint density at radius 3 is 2.43 bits per heavy atom. The summed E-state index contributed by atoms with van der Waals surface area (Å²) < 4.78 is 10.0. The molecule has 1 aromatic carbocycles. The number of amides is 1. The third-order valence-electron chi connectivity index (χ3n) is 3.06. The Bertz CT molecular complexity index is 531. The standard InChI is InChI=1S/C16H21NO6/c1-3-11(2)23-15(20)13(9-14(18)19)17-16(21)22-10-12-7-5-4-6-8-12/h4-8,11,13H,3,9-10H2,1-2H3,(H,17,21)(H,18,19). The van der Waals surface area contributed by atoms with Gasteiger partial charge >= 0.3 is 18.0 Å². The van der Waals surface area contributed by atoms with Crippen molar-refractivity contribution in [3.05, 3.63) is 35.9 Å². The Labute approximate surface area is 134 Å². The molecular formula is C16H21NO6. The number of carbonyl (C=O) groups is 3. The normalized spacial score (nSPS) is 12.8. The lowest BCUT2D eigenvalue weighted by molar-refractivity contribution is -0.154. The molecule has 0 saturated carbocycles. The Kier molecular flexibility index (Phi) is 7.59. The summed E-state index contributed by atoms with van der Waals surface area (Å²) in [5, 5.41) is 11.1. The molecule has 2 atom stereocenters. The summed E-state index contributed by atoms with van der Waals surface area (Å²) in [4.78, 5) is 34.5. The fourth-order valence-corrected chi connectivity index (χ4v) is 1.64. The third kappa shape index (κ3) is 7.30. The number of rotatable bonds is 8. The van der Waals surface area contributed by atoms with Gasteiger partial charge in [0.15, 0.2) is 0 Å². The van der Waals surface area contributed by atoms with E-state index in [9.17, 15) is 14.4 Å². The topological polar surface area (TPSA) is 102 Å². The molecule has 0 aliphatic rings. The van der Waals surface area contributed by atoms with Crippen molar-refractivity contribution in [2.24, 2.45) is 0 Å². The van der Waals surface area contributed by atoms with E-state index in [0.29, 0.717) is 6.42 Å². The van der Waals surface area contributed by atoms with Gasteiger partial charge in [0.05, 0.1) is 12.5 Å². The summed E-state index contributed by atoms with van der Waals surface area (Å²) in [6.07, 6.45) is -1.22. The van der Waals surface area contributed by atoms with E-state index in [1.807, 2.05) is 13.0 Å². The van der Waals surface area contributed by atoms with Crippen LogP contribution in [0.4, 0.5) is 4.79 Å². The SMILES string of the molecule is CCC(C)OC(=O)C(CC(=O)O)NC(=O)OCc1ccccc1. The number of esters is 1. The molecular weight excluding hydrogens is 302 g/mol. The number of aliphatic carboxylic acids is 1. The molecule has 0 radical (unpaired) electrons. The number of benzene rings is 1. The lowest BCUT2D eigenvalue weighted by Gasteiger charge is -2.18. The third-order valence-corrected chi connectivity index (χ3v) is 3.06. The van der Waals surface area contributed by atoms with Crippen LogP contribution in [-0.2, 0) is 25.7 Å². The van der Waals surface area contributed by atoms with Gasteiger partial charge in [-0.05, 0) is 18.9 Å². The molecule has 0 aliphatic heterocycles. The molecule has 1 rings (SSSR count). The Balaban J connectivity index is 2.56. The quantitative estimate of drug-likeness (QED) is 0.710. The molecule has 0 spiro atoms. The number of ether oxygens (including phenoxy) is 2. The molecule has 126 valence electrons. The van der Waals surface area contributed by atoms with Crippen molar-refractivity contribution in [1.82, 2.24) is 5.32 Å². The molecule has 2 unspecified atom stereocenters. The van der Waals surface area contributed by atoms with Gasteiger partial charge in [0.25, 0.3) is 0 Å². The maximum atomic E-state index is 11.9. The zero-order valence-electron chi connectivity index (χ0n) is 13.2. The lowest BCUT2D eigenvalue weighted by Crippen LogP contribution is -2.44. The van der Waals surface area contributed by atoms with Gasteiger partial charge in [-0.25, -0.2) is 9.59 Å². The highest BCUT2D eigenvalue weighted by molar-refractivity contribution is 5.85. The van der Waals surface area contributed by atoms with Gasteiger partial charge in [-0.1, -0.05) is 37.3 Å². The van der Waals surface area contributed by atoms with Crippen LogP contribution in [0, 0.1) is 0 Å². The number of hydrogen-bond acceptors (Lipinski definition) is 5. The first-order chi connectivity index (χ1) is 10.9. The second kappa shape index (κ2) is 9.45. The van der Waals surface area contributed by atoms with E-state index >= 15 is 0 Å². The second-order valence-electron chi connectivity index (χ2n) is 5.01. The van der Waals surface area contributed by atoms with Crippen LogP contribution < -0.4 is 5.32 Å². The zero-order chi connectivity index (χ0) is 17.2. The average molecular weight is 323 g/mol. The van der Waals surface area contributed by atoms with Crippen molar-refractivity contribution >= 4 is 18.0 Å². The smallest absolute Gasteiger partial charge is 0.408 e. The Morgan fingerprint density at radius 2 is 1.87 bits per heavy atom. The van der Waals surface area contributed by atoms with Gasteiger partial charge in [0, 0.05) is 0 Å². The maximum Gasteiger partial charge on any atom is 0.408 e. The fourth-order valence-electron chi connectivity index (χ4n) is 1.64. The predicted octanol–water partition coefficient (Wildman–Crippen LogP) is 2.10. The predicted molar refractivity (Wildman–Crippen MR) is 81.6 cm³/mol. The van der Waals surface area contributed by atoms with E-state index in [2.05, 4.69) is 5.32 Å². The van der Waals surface area contributed by atoms with E-state index in [0.717, 1.165) is 5.56 Å². The molecule has 0 saturated heterocycles. The van der Waals surface area contributed by atoms with Crippen LogP contribution in [0.2, 0.25) is 0 Å².